The summed E-state index contributed by atoms with van der Waals surface area (Å²) in [6, 6.07) is 0.729. The van der Waals surface area contributed by atoms with Crippen molar-refractivity contribution >= 4 is 22.7 Å². The van der Waals surface area contributed by atoms with E-state index in [9.17, 15) is 22.4 Å². The van der Waals surface area contributed by atoms with E-state index in [2.05, 4.69) is 20.6 Å². The lowest BCUT2D eigenvalue weighted by atomic mass is 9.81. The number of anilines is 1. The van der Waals surface area contributed by atoms with Crippen LogP contribution in [0.3, 0.4) is 0 Å². The second-order valence-electron chi connectivity index (χ2n) is 8.47. The number of fused-ring (bicyclic) bond motifs is 1. The lowest BCUT2D eigenvalue weighted by Crippen LogP contribution is -2.36. The smallest absolute Gasteiger partial charge is 0.319 e. The summed E-state index contributed by atoms with van der Waals surface area (Å²) < 4.78 is 59.5. The summed E-state index contributed by atoms with van der Waals surface area (Å²) in [6.07, 6.45) is 2.15. The number of aryl methyl sites for hydroxylation is 1. The van der Waals surface area contributed by atoms with Crippen molar-refractivity contribution < 1.29 is 26.8 Å². The zero-order chi connectivity index (χ0) is 23.2. The third-order valence-corrected chi connectivity index (χ3v) is 5.61. The van der Waals surface area contributed by atoms with Crippen LogP contribution in [-0.4, -0.2) is 21.9 Å². The number of furan rings is 1. The molecule has 0 saturated heterocycles. The molecule has 6 nitrogen and oxygen atoms in total. The van der Waals surface area contributed by atoms with E-state index in [1.807, 2.05) is 13.8 Å². The molecule has 0 aliphatic heterocycles. The number of benzene rings is 1. The minimum Gasteiger partial charge on any atom is -0.455 e. The second kappa shape index (κ2) is 8.07. The van der Waals surface area contributed by atoms with Crippen molar-refractivity contribution in [2.45, 2.75) is 51.5 Å². The van der Waals surface area contributed by atoms with Crippen molar-refractivity contribution in [3.8, 4) is 0 Å². The highest BCUT2D eigenvalue weighted by atomic mass is 19.3. The summed E-state index contributed by atoms with van der Waals surface area (Å²) in [5.74, 6) is -4.08. The quantitative estimate of drug-likeness (QED) is 0.479. The first-order valence-corrected chi connectivity index (χ1v) is 10.2. The molecule has 1 aliphatic carbocycles. The summed E-state index contributed by atoms with van der Waals surface area (Å²) in [5, 5.41) is 5.66. The number of hydrogen-bond donors (Lipinski definition) is 2. The van der Waals surface area contributed by atoms with Gasteiger partial charge in [-0.1, -0.05) is 13.8 Å². The summed E-state index contributed by atoms with van der Waals surface area (Å²) in [7, 11) is 0. The van der Waals surface area contributed by atoms with E-state index < -0.39 is 29.6 Å². The summed E-state index contributed by atoms with van der Waals surface area (Å²) in [4.78, 5) is 20.7. The van der Waals surface area contributed by atoms with E-state index >= 15 is 0 Å². The van der Waals surface area contributed by atoms with Crippen molar-refractivity contribution in [2.24, 2.45) is 5.92 Å². The predicted molar refractivity (Wildman–Crippen MR) is 110 cm³/mol. The van der Waals surface area contributed by atoms with Gasteiger partial charge in [0.05, 0.1) is 24.1 Å². The Morgan fingerprint density at radius 1 is 1.19 bits per heavy atom. The number of halogens is 4. The second-order valence-corrected chi connectivity index (χ2v) is 8.47. The van der Waals surface area contributed by atoms with Crippen LogP contribution >= 0.6 is 0 Å². The lowest BCUT2D eigenvalue weighted by molar-refractivity contribution is -0.0885. The van der Waals surface area contributed by atoms with Gasteiger partial charge >= 0.3 is 6.03 Å². The van der Waals surface area contributed by atoms with Crippen molar-refractivity contribution in [3.05, 3.63) is 53.3 Å². The molecule has 0 radical (unpaired) electrons. The molecule has 10 heteroatoms. The highest BCUT2D eigenvalue weighted by molar-refractivity contribution is 5.89. The van der Waals surface area contributed by atoms with Gasteiger partial charge in [0.15, 0.2) is 11.4 Å². The van der Waals surface area contributed by atoms with E-state index in [1.54, 1.807) is 6.92 Å². The lowest BCUT2D eigenvalue weighted by Gasteiger charge is -2.33. The Labute approximate surface area is 181 Å². The molecule has 1 aliphatic rings. The fourth-order valence-electron chi connectivity index (χ4n) is 3.86. The van der Waals surface area contributed by atoms with Gasteiger partial charge < -0.3 is 15.1 Å². The molecule has 1 fully saturated rings. The SMILES string of the molecule is Cc1c([C@@H](NC(=O)Nc2cnc(C3CC(F)(F)C3)nc2)C(C)C)oc2c(F)cc(F)cc12. The third-order valence-electron chi connectivity index (χ3n) is 5.61. The van der Waals surface area contributed by atoms with Gasteiger partial charge in [-0.25, -0.2) is 32.3 Å². The van der Waals surface area contributed by atoms with Crippen LogP contribution in [0.4, 0.5) is 28.0 Å². The van der Waals surface area contributed by atoms with E-state index in [0.29, 0.717) is 22.5 Å². The number of urea groups is 1. The maximum absolute atomic E-state index is 14.1. The number of carbonyl (C=O) groups excluding carboxylic acids is 1. The van der Waals surface area contributed by atoms with Crippen molar-refractivity contribution in [2.75, 3.05) is 5.32 Å². The van der Waals surface area contributed by atoms with E-state index in [1.165, 1.54) is 18.5 Å². The standard InChI is InChI=1S/C22H22F4N4O2/c1-10(2)17(18-11(3)15-4-13(23)5-16(24)19(15)32-18)30-21(31)29-14-8-27-20(28-9-14)12-6-22(25,26)7-12/h4-5,8-10,12,17H,6-7H2,1-3H3,(H2,29,30,31)/t17-/m0/s1. The number of rotatable bonds is 5. The first-order chi connectivity index (χ1) is 15.0. The first-order valence-electron chi connectivity index (χ1n) is 10.2. The van der Waals surface area contributed by atoms with Crippen LogP contribution in [0.15, 0.2) is 28.9 Å². The van der Waals surface area contributed by atoms with Crippen molar-refractivity contribution in [3.63, 3.8) is 0 Å². The largest absolute Gasteiger partial charge is 0.455 e. The zero-order valence-electron chi connectivity index (χ0n) is 17.7. The number of nitrogens with one attached hydrogen (secondary N) is 2. The minimum absolute atomic E-state index is 0.0719. The van der Waals surface area contributed by atoms with Crippen LogP contribution in [-0.2, 0) is 0 Å². The fourth-order valence-corrected chi connectivity index (χ4v) is 3.86. The topological polar surface area (TPSA) is 80.0 Å². The van der Waals surface area contributed by atoms with Crippen LogP contribution in [0.1, 0.15) is 55.8 Å². The van der Waals surface area contributed by atoms with Crippen LogP contribution < -0.4 is 10.6 Å². The van der Waals surface area contributed by atoms with Crippen LogP contribution in [0.25, 0.3) is 11.0 Å². The summed E-state index contributed by atoms with van der Waals surface area (Å²) >= 11 is 0. The van der Waals surface area contributed by atoms with Gasteiger partial charge in [-0.15, -0.1) is 0 Å². The van der Waals surface area contributed by atoms with Gasteiger partial charge in [0, 0.05) is 35.8 Å². The maximum atomic E-state index is 14.1. The molecule has 2 amide bonds. The van der Waals surface area contributed by atoms with Gasteiger partial charge in [-0.2, -0.15) is 0 Å². The van der Waals surface area contributed by atoms with E-state index in [-0.39, 0.29) is 35.9 Å². The molecule has 0 spiro atoms. The van der Waals surface area contributed by atoms with Gasteiger partial charge in [0.2, 0.25) is 5.92 Å². The molecule has 4 rings (SSSR count). The summed E-state index contributed by atoms with van der Waals surface area (Å²) in [6.45, 7) is 5.37. The number of carbonyl (C=O) groups is 1. The Kier molecular flexibility index (Phi) is 5.56. The van der Waals surface area contributed by atoms with Gasteiger partial charge in [-0.05, 0) is 18.9 Å². The predicted octanol–water partition coefficient (Wildman–Crippen LogP) is 5.84. The Morgan fingerprint density at radius 3 is 2.44 bits per heavy atom. The molecule has 32 heavy (non-hydrogen) atoms. The van der Waals surface area contributed by atoms with Crippen molar-refractivity contribution in [1.29, 1.82) is 0 Å². The van der Waals surface area contributed by atoms with Crippen LogP contribution in [0.2, 0.25) is 0 Å². The Bertz CT molecular complexity index is 1150. The molecule has 2 aromatic heterocycles. The molecule has 170 valence electrons. The molecule has 1 saturated carbocycles. The maximum Gasteiger partial charge on any atom is 0.319 e. The van der Waals surface area contributed by atoms with Crippen LogP contribution in [0, 0.1) is 24.5 Å². The number of nitrogens with zero attached hydrogens (tertiary/aromatic N) is 2. The molecule has 2 N–H and O–H groups in total. The monoisotopic (exact) mass is 450 g/mol. The normalized spacial score (nSPS) is 16.8. The minimum atomic E-state index is -2.67. The molecular formula is C22H22F4N4O2. The zero-order valence-corrected chi connectivity index (χ0v) is 17.7. The number of amides is 2. The average Bonchev–Trinajstić information content (AvgIpc) is 3.01. The molecule has 0 bridgehead atoms. The molecule has 3 aromatic rings. The Morgan fingerprint density at radius 2 is 1.84 bits per heavy atom. The number of aromatic nitrogens is 2. The van der Waals surface area contributed by atoms with Crippen molar-refractivity contribution in [1.82, 2.24) is 15.3 Å². The van der Waals surface area contributed by atoms with Gasteiger partial charge in [0.1, 0.15) is 17.4 Å². The highest BCUT2D eigenvalue weighted by Gasteiger charge is 2.47. The third kappa shape index (κ3) is 4.26. The van der Waals surface area contributed by atoms with Gasteiger partial charge in [0.25, 0.3) is 0 Å². The Balaban J connectivity index is 1.48. The molecule has 1 aromatic carbocycles. The summed E-state index contributed by atoms with van der Waals surface area (Å²) in [5.41, 5.74) is 0.744. The fraction of sp³-hybridized carbons (Fsp3) is 0.409. The highest BCUT2D eigenvalue weighted by Crippen LogP contribution is 2.47. The molecule has 0 unspecified atom stereocenters. The Hall–Kier alpha value is -3.17. The molecular weight excluding hydrogens is 428 g/mol. The average molecular weight is 450 g/mol. The number of hydrogen-bond acceptors (Lipinski definition) is 4. The first kappa shape index (κ1) is 22.0. The van der Waals surface area contributed by atoms with Crippen LogP contribution in [0.5, 0.6) is 0 Å². The van der Waals surface area contributed by atoms with Gasteiger partial charge in [-0.3, -0.25) is 0 Å². The number of alkyl halides is 2. The molecule has 1 atom stereocenters. The van der Waals surface area contributed by atoms with E-state index in [4.69, 9.17) is 4.42 Å². The molecule has 2 heterocycles. The van der Waals surface area contributed by atoms with E-state index in [0.717, 1.165) is 6.07 Å².